The zero-order valence-corrected chi connectivity index (χ0v) is 9.72. The molecule has 17 heavy (non-hydrogen) atoms. The predicted octanol–water partition coefficient (Wildman–Crippen LogP) is 0.319. The lowest BCUT2D eigenvalue weighted by molar-refractivity contribution is -0.132. The summed E-state index contributed by atoms with van der Waals surface area (Å²) in [4.78, 5) is 28.9. The molecule has 0 aliphatic carbocycles. The van der Waals surface area contributed by atoms with Crippen molar-refractivity contribution >= 4 is 11.8 Å². The maximum Gasteiger partial charge on any atom is 0.242 e. The second-order valence-electron chi connectivity index (χ2n) is 4.21. The number of nitrogens with one attached hydrogen (secondary N) is 1. The minimum absolute atomic E-state index is 0.0415. The number of rotatable bonds is 2. The SMILES string of the molecule is CC1CC(=O)NCC(=O)N1Cc1ccncc1. The van der Waals surface area contributed by atoms with Gasteiger partial charge in [0.1, 0.15) is 0 Å². The van der Waals surface area contributed by atoms with Crippen LogP contribution in [0.2, 0.25) is 0 Å². The number of carbonyl (C=O) groups is 2. The highest BCUT2D eigenvalue weighted by molar-refractivity contribution is 5.87. The van der Waals surface area contributed by atoms with Gasteiger partial charge in [0.25, 0.3) is 0 Å². The molecular formula is C12H15N3O2. The first-order chi connectivity index (χ1) is 8.16. The van der Waals surface area contributed by atoms with E-state index in [1.54, 1.807) is 17.3 Å². The summed E-state index contributed by atoms with van der Waals surface area (Å²) < 4.78 is 0. The van der Waals surface area contributed by atoms with Crippen molar-refractivity contribution < 1.29 is 9.59 Å². The highest BCUT2D eigenvalue weighted by Gasteiger charge is 2.26. The molecule has 1 aliphatic rings. The largest absolute Gasteiger partial charge is 0.347 e. The maximum atomic E-state index is 11.9. The van der Waals surface area contributed by atoms with Crippen LogP contribution in [0.1, 0.15) is 18.9 Å². The van der Waals surface area contributed by atoms with Crippen LogP contribution in [-0.2, 0) is 16.1 Å². The van der Waals surface area contributed by atoms with Crippen LogP contribution in [0.3, 0.4) is 0 Å². The number of hydrogen-bond donors (Lipinski definition) is 1. The van der Waals surface area contributed by atoms with Crippen molar-refractivity contribution in [3.05, 3.63) is 30.1 Å². The van der Waals surface area contributed by atoms with E-state index in [9.17, 15) is 9.59 Å². The van der Waals surface area contributed by atoms with Gasteiger partial charge in [0, 0.05) is 31.4 Å². The van der Waals surface area contributed by atoms with Gasteiger partial charge in [-0.05, 0) is 24.6 Å². The van der Waals surface area contributed by atoms with Crippen LogP contribution < -0.4 is 5.32 Å². The van der Waals surface area contributed by atoms with E-state index >= 15 is 0 Å². The van der Waals surface area contributed by atoms with Gasteiger partial charge in [-0.1, -0.05) is 0 Å². The molecule has 1 aromatic heterocycles. The van der Waals surface area contributed by atoms with Gasteiger partial charge in [0.2, 0.25) is 11.8 Å². The Morgan fingerprint density at radius 3 is 2.82 bits per heavy atom. The van der Waals surface area contributed by atoms with E-state index in [0.717, 1.165) is 5.56 Å². The summed E-state index contributed by atoms with van der Waals surface area (Å²) in [5.41, 5.74) is 1.02. The van der Waals surface area contributed by atoms with Gasteiger partial charge in [0.15, 0.2) is 0 Å². The van der Waals surface area contributed by atoms with Crippen molar-refractivity contribution in [1.82, 2.24) is 15.2 Å². The monoisotopic (exact) mass is 233 g/mol. The fourth-order valence-corrected chi connectivity index (χ4v) is 1.90. The number of amides is 2. The first-order valence-electron chi connectivity index (χ1n) is 5.62. The van der Waals surface area contributed by atoms with E-state index < -0.39 is 0 Å². The van der Waals surface area contributed by atoms with Gasteiger partial charge in [-0.25, -0.2) is 0 Å². The highest BCUT2D eigenvalue weighted by Crippen LogP contribution is 2.12. The summed E-state index contributed by atoms with van der Waals surface area (Å²) in [7, 11) is 0. The molecule has 1 N–H and O–H groups in total. The summed E-state index contributed by atoms with van der Waals surface area (Å²) in [6.45, 7) is 2.51. The molecule has 0 radical (unpaired) electrons. The van der Waals surface area contributed by atoms with Crippen molar-refractivity contribution in [3.8, 4) is 0 Å². The minimum atomic E-state index is -0.0711. The molecule has 2 heterocycles. The lowest BCUT2D eigenvalue weighted by atomic mass is 10.1. The van der Waals surface area contributed by atoms with E-state index in [2.05, 4.69) is 10.3 Å². The molecular weight excluding hydrogens is 218 g/mol. The molecule has 1 saturated heterocycles. The van der Waals surface area contributed by atoms with E-state index in [1.165, 1.54) is 0 Å². The zero-order valence-electron chi connectivity index (χ0n) is 9.72. The molecule has 90 valence electrons. The molecule has 0 spiro atoms. The maximum absolute atomic E-state index is 11.9. The standard InChI is InChI=1S/C12H15N3O2/c1-9-6-11(16)14-7-12(17)15(9)8-10-2-4-13-5-3-10/h2-5,9H,6-8H2,1H3,(H,14,16). The van der Waals surface area contributed by atoms with Crippen molar-refractivity contribution in [2.45, 2.75) is 25.9 Å². The van der Waals surface area contributed by atoms with Crippen LogP contribution in [0, 0.1) is 0 Å². The number of hydrogen-bond acceptors (Lipinski definition) is 3. The molecule has 1 aromatic rings. The molecule has 1 atom stereocenters. The second-order valence-corrected chi connectivity index (χ2v) is 4.21. The predicted molar refractivity (Wildman–Crippen MR) is 61.9 cm³/mol. The molecule has 0 saturated carbocycles. The Hall–Kier alpha value is -1.91. The molecule has 5 heteroatoms. The summed E-state index contributed by atoms with van der Waals surface area (Å²) >= 11 is 0. The first-order valence-corrected chi connectivity index (χ1v) is 5.62. The van der Waals surface area contributed by atoms with Crippen molar-refractivity contribution in [2.75, 3.05) is 6.54 Å². The fraction of sp³-hybridized carbons (Fsp3) is 0.417. The average molecular weight is 233 g/mol. The van der Waals surface area contributed by atoms with Crippen molar-refractivity contribution in [3.63, 3.8) is 0 Å². The molecule has 1 fully saturated rings. The smallest absolute Gasteiger partial charge is 0.242 e. The van der Waals surface area contributed by atoms with Crippen LogP contribution in [-0.4, -0.2) is 34.3 Å². The van der Waals surface area contributed by atoms with Gasteiger partial charge in [-0.3, -0.25) is 14.6 Å². The van der Waals surface area contributed by atoms with Crippen molar-refractivity contribution in [1.29, 1.82) is 0 Å². The highest BCUT2D eigenvalue weighted by atomic mass is 16.2. The van der Waals surface area contributed by atoms with Crippen LogP contribution >= 0.6 is 0 Å². The third-order valence-corrected chi connectivity index (χ3v) is 2.87. The zero-order chi connectivity index (χ0) is 12.3. The van der Waals surface area contributed by atoms with Gasteiger partial charge >= 0.3 is 0 Å². The number of pyridine rings is 1. The lowest BCUT2D eigenvalue weighted by Crippen LogP contribution is -2.39. The third kappa shape index (κ3) is 2.81. The van der Waals surface area contributed by atoms with Crippen molar-refractivity contribution in [2.24, 2.45) is 0 Å². The van der Waals surface area contributed by atoms with Gasteiger partial charge in [-0.2, -0.15) is 0 Å². The van der Waals surface area contributed by atoms with Crippen LogP contribution in [0.4, 0.5) is 0 Å². The van der Waals surface area contributed by atoms with E-state index in [-0.39, 0.29) is 24.4 Å². The summed E-state index contributed by atoms with van der Waals surface area (Å²) in [6.07, 6.45) is 3.76. The average Bonchev–Trinajstić information content (AvgIpc) is 2.44. The number of nitrogens with zero attached hydrogens (tertiary/aromatic N) is 2. The summed E-state index contributed by atoms with van der Waals surface area (Å²) in [5, 5.41) is 2.60. The van der Waals surface area contributed by atoms with E-state index in [4.69, 9.17) is 0 Å². The molecule has 0 aromatic carbocycles. The molecule has 5 nitrogen and oxygen atoms in total. The summed E-state index contributed by atoms with van der Waals surface area (Å²) in [5.74, 6) is -0.108. The Labute approximate surface area is 99.8 Å². The molecule has 1 unspecified atom stereocenters. The topological polar surface area (TPSA) is 62.3 Å². The fourth-order valence-electron chi connectivity index (χ4n) is 1.90. The Balaban J connectivity index is 2.12. The van der Waals surface area contributed by atoms with Crippen LogP contribution in [0.5, 0.6) is 0 Å². The summed E-state index contributed by atoms with van der Waals surface area (Å²) in [6, 6.07) is 3.68. The molecule has 2 rings (SSSR count). The van der Waals surface area contributed by atoms with E-state index in [1.807, 2.05) is 19.1 Å². The normalized spacial score (nSPS) is 21.0. The second kappa shape index (κ2) is 4.95. The quantitative estimate of drug-likeness (QED) is 0.800. The lowest BCUT2D eigenvalue weighted by Gasteiger charge is -2.26. The van der Waals surface area contributed by atoms with Crippen LogP contribution in [0.15, 0.2) is 24.5 Å². The minimum Gasteiger partial charge on any atom is -0.347 e. The molecule has 1 aliphatic heterocycles. The molecule has 0 bridgehead atoms. The van der Waals surface area contributed by atoms with Gasteiger partial charge < -0.3 is 10.2 Å². The Morgan fingerprint density at radius 2 is 2.12 bits per heavy atom. The first kappa shape index (κ1) is 11.6. The van der Waals surface area contributed by atoms with Gasteiger partial charge in [0.05, 0.1) is 6.54 Å². The Morgan fingerprint density at radius 1 is 1.41 bits per heavy atom. The number of carbonyl (C=O) groups excluding carboxylic acids is 2. The Kier molecular flexibility index (Phi) is 3.37. The van der Waals surface area contributed by atoms with Crippen LogP contribution in [0.25, 0.3) is 0 Å². The van der Waals surface area contributed by atoms with E-state index in [0.29, 0.717) is 13.0 Å². The van der Waals surface area contributed by atoms with Gasteiger partial charge in [-0.15, -0.1) is 0 Å². The number of aromatic nitrogens is 1. The third-order valence-electron chi connectivity index (χ3n) is 2.87. The molecule has 2 amide bonds. The Bertz CT molecular complexity index is 419.